The van der Waals surface area contributed by atoms with Gasteiger partial charge >= 0.3 is 12.1 Å². The molecule has 1 aliphatic carbocycles. The number of aliphatic hydroxyl groups is 3. The fraction of sp³-hybridized carbons (Fsp3) is 0.542. The summed E-state index contributed by atoms with van der Waals surface area (Å²) < 4.78 is 48.2. The number of carbonyl (C=O) groups excluding carboxylic acids is 1. The SMILES string of the molecule is COC(=O)CCC/C=C\CC1C(O)CC(O)C1/C=C/[C@@H](O)COc1cccc(C(F)(F)F)c1. The van der Waals surface area contributed by atoms with Crippen molar-refractivity contribution in [2.75, 3.05) is 13.7 Å². The summed E-state index contributed by atoms with van der Waals surface area (Å²) in [6.07, 6.45) is 2.21. The molecule has 0 spiro atoms. The number of methoxy groups -OCH3 is 1. The van der Waals surface area contributed by atoms with Crippen LogP contribution in [0.3, 0.4) is 0 Å². The van der Waals surface area contributed by atoms with Gasteiger partial charge in [0, 0.05) is 18.8 Å². The van der Waals surface area contributed by atoms with Crippen LogP contribution in [-0.2, 0) is 15.7 Å². The topological polar surface area (TPSA) is 96.2 Å². The molecule has 0 bridgehead atoms. The zero-order valence-electron chi connectivity index (χ0n) is 18.4. The van der Waals surface area contributed by atoms with Crippen molar-refractivity contribution >= 4 is 5.97 Å². The fourth-order valence-electron chi connectivity index (χ4n) is 3.80. The molecule has 33 heavy (non-hydrogen) atoms. The maximum absolute atomic E-state index is 12.8. The lowest BCUT2D eigenvalue weighted by Gasteiger charge is -2.19. The van der Waals surface area contributed by atoms with Gasteiger partial charge in [0.05, 0.1) is 24.9 Å². The number of alkyl halides is 3. The van der Waals surface area contributed by atoms with Crippen LogP contribution in [0.15, 0.2) is 48.6 Å². The predicted octanol–water partition coefficient (Wildman–Crippen LogP) is 3.65. The van der Waals surface area contributed by atoms with Crippen molar-refractivity contribution in [3.05, 3.63) is 54.1 Å². The van der Waals surface area contributed by atoms with Crippen LogP contribution in [0.1, 0.15) is 37.7 Å². The maximum Gasteiger partial charge on any atom is 0.416 e. The molecule has 0 saturated heterocycles. The van der Waals surface area contributed by atoms with E-state index in [1.54, 1.807) is 6.08 Å². The molecule has 9 heteroatoms. The van der Waals surface area contributed by atoms with E-state index in [1.807, 2.05) is 12.2 Å². The number of rotatable bonds is 11. The molecule has 1 aromatic rings. The van der Waals surface area contributed by atoms with E-state index in [0.29, 0.717) is 25.7 Å². The van der Waals surface area contributed by atoms with E-state index in [4.69, 9.17) is 4.74 Å². The average Bonchev–Trinajstić information content (AvgIpc) is 3.04. The largest absolute Gasteiger partial charge is 0.491 e. The molecule has 0 amide bonds. The molecule has 0 heterocycles. The molecule has 0 aromatic heterocycles. The van der Waals surface area contributed by atoms with Gasteiger partial charge in [-0.3, -0.25) is 4.79 Å². The van der Waals surface area contributed by atoms with Gasteiger partial charge in [-0.2, -0.15) is 13.2 Å². The highest BCUT2D eigenvalue weighted by Gasteiger charge is 2.39. The third-order valence-corrected chi connectivity index (χ3v) is 5.61. The van der Waals surface area contributed by atoms with E-state index in [0.717, 1.165) is 12.1 Å². The summed E-state index contributed by atoms with van der Waals surface area (Å²) in [5.74, 6) is -0.907. The van der Waals surface area contributed by atoms with Gasteiger partial charge in [0.15, 0.2) is 0 Å². The number of hydrogen-bond donors (Lipinski definition) is 3. The average molecular weight is 473 g/mol. The Morgan fingerprint density at radius 3 is 2.70 bits per heavy atom. The number of carbonyl (C=O) groups is 1. The second kappa shape index (κ2) is 12.8. The third-order valence-electron chi connectivity index (χ3n) is 5.61. The van der Waals surface area contributed by atoms with Crippen molar-refractivity contribution in [2.24, 2.45) is 11.8 Å². The summed E-state index contributed by atoms with van der Waals surface area (Å²) in [4.78, 5) is 11.1. The standard InChI is InChI=1S/C24H31F3O6/c1-32-23(31)10-5-3-2-4-9-19-20(22(30)14-21(19)29)12-11-17(28)15-33-18-8-6-7-16(13-18)24(25,26)27/h2,4,6-8,11-13,17,19-22,28-30H,3,5,9-10,14-15H2,1H3/b4-2-,12-11+/t17-,19?,20?,21?,22?/m1/s1. The molecular weight excluding hydrogens is 441 g/mol. The van der Waals surface area contributed by atoms with Crippen molar-refractivity contribution < 1.29 is 42.8 Å². The minimum atomic E-state index is -4.48. The highest BCUT2D eigenvalue weighted by molar-refractivity contribution is 5.69. The first-order chi connectivity index (χ1) is 15.6. The number of unbranched alkanes of at least 4 members (excludes halogenated alkanes) is 1. The molecule has 0 aliphatic heterocycles. The fourth-order valence-corrected chi connectivity index (χ4v) is 3.80. The highest BCUT2D eigenvalue weighted by atomic mass is 19.4. The third kappa shape index (κ3) is 8.83. The summed E-state index contributed by atoms with van der Waals surface area (Å²) in [5.41, 5.74) is -0.839. The van der Waals surface area contributed by atoms with Crippen molar-refractivity contribution in [1.29, 1.82) is 0 Å². The Balaban J connectivity index is 1.86. The van der Waals surface area contributed by atoms with Gasteiger partial charge in [-0.25, -0.2) is 0 Å². The van der Waals surface area contributed by atoms with Gasteiger partial charge in [-0.1, -0.05) is 30.4 Å². The number of halogens is 3. The Morgan fingerprint density at radius 2 is 2.00 bits per heavy atom. The van der Waals surface area contributed by atoms with Gasteiger partial charge in [-0.15, -0.1) is 0 Å². The monoisotopic (exact) mass is 472 g/mol. The molecule has 1 aliphatic rings. The first-order valence-electron chi connectivity index (χ1n) is 10.9. The van der Waals surface area contributed by atoms with Gasteiger partial charge in [0.25, 0.3) is 0 Å². The van der Waals surface area contributed by atoms with E-state index in [-0.39, 0.29) is 36.6 Å². The van der Waals surface area contributed by atoms with Crippen LogP contribution in [0.25, 0.3) is 0 Å². The van der Waals surface area contributed by atoms with Crippen LogP contribution >= 0.6 is 0 Å². The minimum absolute atomic E-state index is 0.0104. The van der Waals surface area contributed by atoms with Crippen LogP contribution in [-0.4, -0.2) is 53.3 Å². The summed E-state index contributed by atoms with van der Waals surface area (Å²) in [5, 5.41) is 30.7. The molecule has 1 aromatic carbocycles. The number of ether oxygens (including phenoxy) is 2. The number of esters is 1. The Kier molecular flexibility index (Phi) is 10.4. The van der Waals surface area contributed by atoms with E-state index < -0.39 is 30.1 Å². The van der Waals surface area contributed by atoms with Crippen molar-refractivity contribution in [3.63, 3.8) is 0 Å². The van der Waals surface area contributed by atoms with Crippen molar-refractivity contribution in [1.82, 2.24) is 0 Å². The van der Waals surface area contributed by atoms with E-state index in [1.165, 1.54) is 25.3 Å². The van der Waals surface area contributed by atoms with Gasteiger partial charge in [-0.05, 0) is 43.4 Å². The Labute approximate surface area is 191 Å². The molecule has 3 N–H and O–H groups in total. The Bertz CT molecular complexity index is 808. The predicted molar refractivity (Wildman–Crippen MR) is 115 cm³/mol. The van der Waals surface area contributed by atoms with Crippen LogP contribution in [0, 0.1) is 11.8 Å². The molecular formula is C24H31F3O6. The van der Waals surface area contributed by atoms with Gasteiger partial charge in [0.1, 0.15) is 18.5 Å². The zero-order valence-corrected chi connectivity index (χ0v) is 18.4. The lowest BCUT2D eigenvalue weighted by atomic mass is 9.89. The maximum atomic E-state index is 12.8. The highest BCUT2D eigenvalue weighted by Crippen LogP contribution is 2.36. The van der Waals surface area contributed by atoms with E-state index in [2.05, 4.69) is 4.74 Å². The first kappa shape index (κ1) is 26.9. The lowest BCUT2D eigenvalue weighted by Crippen LogP contribution is -2.21. The minimum Gasteiger partial charge on any atom is -0.491 e. The van der Waals surface area contributed by atoms with E-state index in [9.17, 15) is 33.3 Å². The van der Waals surface area contributed by atoms with Crippen LogP contribution in [0.2, 0.25) is 0 Å². The molecule has 5 atom stereocenters. The zero-order chi connectivity index (χ0) is 24.4. The van der Waals surface area contributed by atoms with Crippen LogP contribution in [0.5, 0.6) is 5.75 Å². The summed E-state index contributed by atoms with van der Waals surface area (Å²) in [6.45, 7) is -0.256. The molecule has 2 rings (SSSR count). The summed E-state index contributed by atoms with van der Waals surface area (Å²) in [7, 11) is 1.34. The molecule has 1 fully saturated rings. The molecule has 6 nitrogen and oxygen atoms in total. The molecule has 0 radical (unpaired) electrons. The van der Waals surface area contributed by atoms with Gasteiger partial charge < -0.3 is 24.8 Å². The Hall–Kier alpha value is -2.36. The number of benzene rings is 1. The molecule has 4 unspecified atom stereocenters. The van der Waals surface area contributed by atoms with Crippen molar-refractivity contribution in [3.8, 4) is 5.75 Å². The summed E-state index contributed by atoms with van der Waals surface area (Å²) in [6, 6.07) is 4.39. The number of hydrogen-bond acceptors (Lipinski definition) is 6. The normalized spacial score (nSPS) is 24.5. The number of allylic oxidation sites excluding steroid dienone is 2. The second-order valence-electron chi connectivity index (χ2n) is 8.08. The Morgan fingerprint density at radius 1 is 1.24 bits per heavy atom. The molecule has 184 valence electrons. The second-order valence-corrected chi connectivity index (χ2v) is 8.08. The lowest BCUT2D eigenvalue weighted by molar-refractivity contribution is -0.140. The van der Waals surface area contributed by atoms with Crippen molar-refractivity contribution in [2.45, 2.75) is 56.6 Å². The van der Waals surface area contributed by atoms with Crippen LogP contribution in [0.4, 0.5) is 13.2 Å². The smallest absolute Gasteiger partial charge is 0.416 e. The number of aliphatic hydroxyl groups excluding tert-OH is 3. The van der Waals surface area contributed by atoms with Gasteiger partial charge in [0.2, 0.25) is 0 Å². The quantitative estimate of drug-likeness (QED) is 0.259. The van der Waals surface area contributed by atoms with E-state index >= 15 is 0 Å². The first-order valence-corrected chi connectivity index (χ1v) is 10.9. The van der Waals surface area contributed by atoms with Crippen LogP contribution < -0.4 is 4.74 Å². The summed E-state index contributed by atoms with van der Waals surface area (Å²) >= 11 is 0. The molecule has 1 saturated carbocycles.